The molecule has 0 spiro atoms. The first-order valence-corrected chi connectivity index (χ1v) is 14.4. The molecule has 0 aliphatic heterocycles. The highest BCUT2D eigenvalue weighted by Gasteiger charge is 2.18. The minimum absolute atomic E-state index is 0.272. The molecule has 0 aliphatic carbocycles. The molecule has 0 radical (unpaired) electrons. The molecule has 192 valence electrons. The van der Waals surface area contributed by atoms with Gasteiger partial charge in [0.1, 0.15) is 0 Å². The third kappa shape index (κ3) is 4.15. The van der Waals surface area contributed by atoms with Gasteiger partial charge < -0.3 is 0 Å². The van der Waals surface area contributed by atoms with Crippen LogP contribution in [0.25, 0.3) is 50.5 Å². The Bertz CT molecular complexity index is 2100. The maximum Gasteiger partial charge on any atom is 0.235 e. The molecule has 40 heavy (non-hydrogen) atoms. The summed E-state index contributed by atoms with van der Waals surface area (Å²) >= 11 is 0. The lowest BCUT2D eigenvalue weighted by Gasteiger charge is -2.11. The number of hydrogen-bond donors (Lipinski definition) is 0. The summed E-state index contributed by atoms with van der Waals surface area (Å²) in [6, 6.07) is 44.0. The van der Waals surface area contributed by atoms with E-state index in [9.17, 15) is 8.42 Å². The van der Waals surface area contributed by atoms with Crippen LogP contribution >= 0.6 is 0 Å². The van der Waals surface area contributed by atoms with Gasteiger partial charge in [-0.1, -0.05) is 97.1 Å². The van der Waals surface area contributed by atoms with Crippen LogP contribution in [0.3, 0.4) is 0 Å². The van der Waals surface area contributed by atoms with E-state index in [1.807, 2.05) is 72.8 Å². The SMILES string of the molecule is O=S(=O)(c1ccccc1)c1cccc(-c2ccc(-c3cc(-c4ccccc4)nc4nc5ccccc5n34)cc2)c1. The summed E-state index contributed by atoms with van der Waals surface area (Å²) in [7, 11) is -3.61. The summed E-state index contributed by atoms with van der Waals surface area (Å²) in [5, 5.41) is 0. The van der Waals surface area contributed by atoms with Crippen LogP contribution in [0.1, 0.15) is 0 Å². The van der Waals surface area contributed by atoms with Crippen molar-refractivity contribution in [2.24, 2.45) is 0 Å². The van der Waals surface area contributed by atoms with E-state index < -0.39 is 9.84 Å². The van der Waals surface area contributed by atoms with Crippen LogP contribution in [0.5, 0.6) is 0 Å². The average molecular weight is 538 g/mol. The Morgan fingerprint density at radius 3 is 1.90 bits per heavy atom. The van der Waals surface area contributed by atoms with Gasteiger partial charge in [0.25, 0.3) is 0 Å². The molecule has 0 amide bonds. The van der Waals surface area contributed by atoms with Crippen LogP contribution in [-0.2, 0) is 9.84 Å². The van der Waals surface area contributed by atoms with Crippen molar-refractivity contribution >= 4 is 26.6 Å². The Labute approximate surface area is 232 Å². The lowest BCUT2D eigenvalue weighted by Crippen LogP contribution is -2.01. The van der Waals surface area contributed by atoms with Gasteiger partial charge in [0.15, 0.2) is 0 Å². The van der Waals surface area contributed by atoms with Crippen molar-refractivity contribution in [3.63, 3.8) is 0 Å². The molecule has 5 aromatic carbocycles. The Morgan fingerprint density at radius 1 is 0.500 bits per heavy atom. The molecule has 0 fully saturated rings. The summed E-state index contributed by atoms with van der Waals surface area (Å²) in [5.74, 6) is 0.639. The average Bonchev–Trinajstić information content (AvgIpc) is 3.40. The highest BCUT2D eigenvalue weighted by Crippen LogP contribution is 2.32. The lowest BCUT2D eigenvalue weighted by atomic mass is 10.0. The van der Waals surface area contributed by atoms with Crippen LogP contribution in [-0.4, -0.2) is 22.8 Å². The fourth-order valence-corrected chi connectivity index (χ4v) is 6.37. The van der Waals surface area contributed by atoms with E-state index in [1.165, 1.54) is 0 Å². The molecule has 0 unspecified atom stereocenters. The zero-order valence-electron chi connectivity index (χ0n) is 21.3. The van der Waals surface area contributed by atoms with Gasteiger partial charge in [-0.3, -0.25) is 4.40 Å². The van der Waals surface area contributed by atoms with E-state index in [4.69, 9.17) is 9.97 Å². The third-order valence-corrected chi connectivity index (χ3v) is 8.83. The number of imidazole rings is 1. The predicted molar refractivity (Wildman–Crippen MR) is 159 cm³/mol. The molecular formula is C34H23N3O2S. The minimum atomic E-state index is -3.61. The van der Waals surface area contributed by atoms with Gasteiger partial charge >= 0.3 is 0 Å². The highest BCUT2D eigenvalue weighted by molar-refractivity contribution is 7.91. The number of hydrogen-bond acceptors (Lipinski definition) is 4. The maximum atomic E-state index is 13.2. The van der Waals surface area contributed by atoms with E-state index in [2.05, 4.69) is 28.7 Å². The number of aromatic nitrogens is 3. The number of fused-ring (bicyclic) bond motifs is 3. The first-order chi connectivity index (χ1) is 19.6. The number of para-hydroxylation sites is 2. The summed E-state index contributed by atoms with van der Waals surface area (Å²) in [4.78, 5) is 10.2. The number of nitrogens with zero attached hydrogens (tertiary/aromatic N) is 3. The van der Waals surface area contributed by atoms with Crippen molar-refractivity contribution in [2.75, 3.05) is 0 Å². The molecule has 0 N–H and O–H groups in total. The second-order valence-corrected chi connectivity index (χ2v) is 11.5. The van der Waals surface area contributed by atoms with Gasteiger partial charge in [-0.25, -0.2) is 18.4 Å². The van der Waals surface area contributed by atoms with Gasteiger partial charge in [0.05, 0.1) is 32.2 Å². The number of benzene rings is 5. The molecule has 2 aromatic heterocycles. The Hall–Kier alpha value is -5.07. The zero-order valence-corrected chi connectivity index (χ0v) is 22.2. The molecule has 5 nitrogen and oxygen atoms in total. The molecule has 0 aliphatic rings. The van der Waals surface area contributed by atoms with Crippen molar-refractivity contribution in [1.29, 1.82) is 0 Å². The van der Waals surface area contributed by atoms with Crippen LogP contribution in [0.4, 0.5) is 0 Å². The first kappa shape index (κ1) is 24.0. The molecule has 0 atom stereocenters. The van der Waals surface area contributed by atoms with Gasteiger partial charge in [-0.15, -0.1) is 0 Å². The maximum absolute atomic E-state index is 13.2. The Morgan fingerprint density at radius 2 is 1.12 bits per heavy atom. The van der Waals surface area contributed by atoms with Crippen molar-refractivity contribution in [1.82, 2.24) is 14.4 Å². The van der Waals surface area contributed by atoms with Gasteiger partial charge in [0, 0.05) is 5.56 Å². The molecule has 6 heteroatoms. The minimum Gasteiger partial charge on any atom is -0.276 e. The fourth-order valence-electron chi connectivity index (χ4n) is 5.04. The summed E-state index contributed by atoms with van der Waals surface area (Å²) in [6.07, 6.45) is 0. The number of sulfone groups is 1. The van der Waals surface area contributed by atoms with Crippen molar-refractivity contribution in [2.45, 2.75) is 9.79 Å². The van der Waals surface area contributed by atoms with Gasteiger partial charge in [-0.05, 0) is 59.2 Å². The monoisotopic (exact) mass is 537 g/mol. The van der Waals surface area contributed by atoms with Gasteiger partial charge in [0.2, 0.25) is 15.6 Å². The van der Waals surface area contributed by atoms with E-state index in [0.29, 0.717) is 5.78 Å². The molecule has 0 saturated carbocycles. The predicted octanol–water partition coefficient (Wildman–Crippen LogP) is 7.72. The second kappa shape index (κ2) is 9.59. The first-order valence-electron chi connectivity index (χ1n) is 12.9. The largest absolute Gasteiger partial charge is 0.276 e. The summed E-state index contributed by atoms with van der Waals surface area (Å²) < 4.78 is 28.5. The second-order valence-electron chi connectivity index (χ2n) is 9.55. The standard InChI is InChI=1S/C34H23N3O2S/c38-40(39,28-13-5-2-6-14-28)29-15-9-12-27(22-29)24-18-20-26(21-19-24)33-23-31(25-10-3-1-4-11-25)36-34-35-30-16-7-8-17-32(30)37(33)34/h1-23H. The van der Waals surface area contributed by atoms with E-state index in [-0.39, 0.29) is 9.79 Å². The van der Waals surface area contributed by atoms with Crippen LogP contribution in [0.15, 0.2) is 149 Å². The smallest absolute Gasteiger partial charge is 0.235 e. The quantitative estimate of drug-likeness (QED) is 0.226. The van der Waals surface area contributed by atoms with Crippen LogP contribution in [0, 0.1) is 0 Å². The van der Waals surface area contributed by atoms with Crippen LogP contribution in [0.2, 0.25) is 0 Å². The van der Waals surface area contributed by atoms with Crippen molar-refractivity contribution in [3.8, 4) is 33.6 Å². The Kier molecular flexibility index (Phi) is 5.76. The van der Waals surface area contributed by atoms with Gasteiger partial charge in [-0.2, -0.15) is 0 Å². The molecule has 7 rings (SSSR count). The molecular weight excluding hydrogens is 514 g/mol. The summed E-state index contributed by atoms with van der Waals surface area (Å²) in [6.45, 7) is 0. The van der Waals surface area contributed by atoms with E-state index >= 15 is 0 Å². The molecule has 2 heterocycles. The topological polar surface area (TPSA) is 64.3 Å². The molecule has 0 saturated heterocycles. The van der Waals surface area contributed by atoms with Crippen molar-refractivity contribution in [3.05, 3.63) is 140 Å². The lowest BCUT2D eigenvalue weighted by molar-refractivity contribution is 0.596. The molecule has 0 bridgehead atoms. The van der Waals surface area contributed by atoms with E-state index in [1.54, 1.807) is 42.5 Å². The van der Waals surface area contributed by atoms with E-state index in [0.717, 1.165) is 44.7 Å². The summed E-state index contributed by atoms with van der Waals surface area (Å²) in [5.41, 5.74) is 7.48. The normalized spacial score (nSPS) is 11.7. The highest BCUT2D eigenvalue weighted by atomic mass is 32.2. The zero-order chi connectivity index (χ0) is 27.1. The Balaban J connectivity index is 1.33. The van der Waals surface area contributed by atoms with Crippen molar-refractivity contribution < 1.29 is 8.42 Å². The van der Waals surface area contributed by atoms with Crippen LogP contribution < -0.4 is 0 Å². The molecule has 7 aromatic rings. The fraction of sp³-hybridized carbons (Fsp3) is 0. The number of rotatable bonds is 5. The third-order valence-electron chi connectivity index (χ3n) is 7.06.